The summed E-state index contributed by atoms with van der Waals surface area (Å²) < 4.78 is 6.39. The lowest BCUT2D eigenvalue weighted by Gasteiger charge is -2.04. The van der Waals surface area contributed by atoms with Gasteiger partial charge in [-0.3, -0.25) is 4.79 Å². The zero-order chi connectivity index (χ0) is 14.3. The van der Waals surface area contributed by atoms with Gasteiger partial charge < -0.3 is 9.40 Å². The first kappa shape index (κ1) is 13.4. The Morgan fingerprint density at radius 1 is 1.35 bits per heavy atom. The number of hydrogen-bond donors (Lipinski definition) is 1. The molecule has 4 nitrogen and oxygen atoms in total. The normalized spacial score (nSPS) is 11.2. The molecule has 0 aliphatic rings. The van der Waals surface area contributed by atoms with E-state index in [4.69, 9.17) is 4.42 Å². The maximum Gasteiger partial charge on any atom is 0.264 e. The van der Waals surface area contributed by atoms with Gasteiger partial charge in [-0.2, -0.15) is 0 Å². The maximum absolute atomic E-state index is 12.0. The number of benzene rings is 1. The van der Waals surface area contributed by atoms with E-state index in [1.165, 1.54) is 0 Å². The van der Waals surface area contributed by atoms with Crippen LogP contribution in [0.25, 0.3) is 22.4 Å². The first-order chi connectivity index (χ1) is 9.61. The highest BCUT2D eigenvalue weighted by Gasteiger charge is 2.16. The van der Waals surface area contributed by atoms with Crippen molar-refractivity contribution >= 4 is 33.6 Å². The molecular formula is C15H13IN2O2. The smallest absolute Gasteiger partial charge is 0.264 e. The first-order valence-corrected chi connectivity index (χ1v) is 7.47. The fourth-order valence-corrected chi connectivity index (χ4v) is 2.96. The summed E-state index contributed by atoms with van der Waals surface area (Å²) in [6, 6.07) is 7.77. The summed E-state index contributed by atoms with van der Waals surface area (Å²) >= 11 is 2.04. The van der Waals surface area contributed by atoms with Gasteiger partial charge in [0.1, 0.15) is 17.2 Å². The highest BCUT2D eigenvalue weighted by atomic mass is 127. The third-order valence-electron chi connectivity index (χ3n) is 3.27. The molecule has 2 heterocycles. The predicted molar refractivity (Wildman–Crippen MR) is 86.9 cm³/mol. The van der Waals surface area contributed by atoms with E-state index < -0.39 is 0 Å². The van der Waals surface area contributed by atoms with Gasteiger partial charge in [0.15, 0.2) is 0 Å². The Labute approximate surface area is 129 Å². The lowest BCUT2D eigenvalue weighted by atomic mass is 10.1. The van der Waals surface area contributed by atoms with E-state index in [1.807, 2.05) is 60.7 Å². The van der Waals surface area contributed by atoms with Crippen LogP contribution in [0.5, 0.6) is 0 Å². The summed E-state index contributed by atoms with van der Waals surface area (Å²) in [5.74, 6) is 1.34. The molecule has 0 bridgehead atoms. The summed E-state index contributed by atoms with van der Waals surface area (Å²) in [5, 5.41) is 0.969. The summed E-state index contributed by atoms with van der Waals surface area (Å²) in [6.07, 6.45) is 0.726. The van der Waals surface area contributed by atoms with E-state index in [1.54, 1.807) is 0 Å². The van der Waals surface area contributed by atoms with Gasteiger partial charge in [0.2, 0.25) is 0 Å². The van der Waals surface area contributed by atoms with Gasteiger partial charge >= 0.3 is 0 Å². The van der Waals surface area contributed by atoms with Gasteiger partial charge in [0, 0.05) is 5.39 Å². The second-order valence-corrected chi connectivity index (χ2v) is 5.64. The molecule has 102 valence electrons. The second kappa shape index (κ2) is 5.05. The molecule has 0 unspecified atom stereocenters. The van der Waals surface area contributed by atoms with Gasteiger partial charge in [-0.05, 0) is 42.0 Å². The van der Waals surface area contributed by atoms with Crippen LogP contribution in [-0.4, -0.2) is 9.97 Å². The molecule has 0 atom stereocenters. The minimum Gasteiger partial charge on any atom is -0.461 e. The van der Waals surface area contributed by atoms with Crippen LogP contribution < -0.4 is 5.56 Å². The summed E-state index contributed by atoms with van der Waals surface area (Å²) in [6.45, 7) is 3.88. The van der Waals surface area contributed by atoms with Gasteiger partial charge in [0.05, 0.1) is 14.8 Å². The molecule has 0 spiro atoms. The van der Waals surface area contributed by atoms with Crippen LogP contribution in [0.4, 0.5) is 0 Å². The van der Waals surface area contributed by atoms with E-state index in [9.17, 15) is 4.79 Å². The van der Waals surface area contributed by atoms with Gasteiger partial charge in [-0.25, -0.2) is 4.98 Å². The minimum atomic E-state index is -0.0999. The molecule has 0 aliphatic carbocycles. The largest absolute Gasteiger partial charge is 0.461 e. The zero-order valence-corrected chi connectivity index (χ0v) is 13.3. The molecule has 0 saturated carbocycles. The average Bonchev–Trinajstić information content (AvgIpc) is 2.77. The topological polar surface area (TPSA) is 58.9 Å². The van der Waals surface area contributed by atoms with Crippen LogP contribution in [0, 0.1) is 10.5 Å². The SMILES string of the molecule is CCc1nc(-c2c(C)oc3ccccc23)[nH]c(=O)c1I. The number of fused-ring (bicyclic) bond motifs is 1. The van der Waals surface area contributed by atoms with Crippen molar-refractivity contribution in [1.29, 1.82) is 0 Å². The van der Waals surface area contributed by atoms with Gasteiger partial charge in [-0.15, -0.1) is 0 Å². The monoisotopic (exact) mass is 380 g/mol. The lowest BCUT2D eigenvalue weighted by Crippen LogP contribution is -2.16. The number of nitrogens with one attached hydrogen (secondary N) is 1. The van der Waals surface area contributed by atoms with Crippen molar-refractivity contribution in [1.82, 2.24) is 9.97 Å². The molecule has 2 aromatic heterocycles. The van der Waals surface area contributed by atoms with E-state index in [-0.39, 0.29) is 5.56 Å². The molecule has 20 heavy (non-hydrogen) atoms. The van der Waals surface area contributed by atoms with Crippen molar-refractivity contribution in [3.05, 3.63) is 49.6 Å². The second-order valence-electron chi connectivity index (χ2n) is 4.56. The molecule has 0 amide bonds. The highest BCUT2D eigenvalue weighted by Crippen LogP contribution is 2.32. The number of furan rings is 1. The number of aromatic nitrogens is 2. The number of halogens is 1. The third-order valence-corrected chi connectivity index (χ3v) is 4.39. The number of nitrogens with zero attached hydrogens (tertiary/aromatic N) is 1. The molecule has 0 saturated heterocycles. The Morgan fingerprint density at radius 2 is 2.10 bits per heavy atom. The number of rotatable bonds is 2. The van der Waals surface area contributed by atoms with Crippen molar-refractivity contribution in [3.63, 3.8) is 0 Å². The third kappa shape index (κ3) is 2.06. The first-order valence-electron chi connectivity index (χ1n) is 6.39. The number of aryl methyl sites for hydroxylation is 2. The van der Waals surface area contributed by atoms with Crippen LogP contribution in [0.15, 0.2) is 33.5 Å². The number of para-hydroxylation sites is 1. The Bertz CT molecular complexity index is 849. The van der Waals surface area contributed by atoms with E-state index in [0.29, 0.717) is 9.39 Å². The highest BCUT2D eigenvalue weighted by molar-refractivity contribution is 14.1. The number of hydrogen-bond acceptors (Lipinski definition) is 3. The molecule has 0 fully saturated rings. The minimum absolute atomic E-state index is 0.0999. The molecule has 5 heteroatoms. The van der Waals surface area contributed by atoms with Crippen molar-refractivity contribution in [2.24, 2.45) is 0 Å². The Kier molecular flexibility index (Phi) is 3.37. The van der Waals surface area contributed by atoms with Crippen LogP contribution in [-0.2, 0) is 6.42 Å². The molecule has 1 aromatic carbocycles. The van der Waals surface area contributed by atoms with Crippen molar-refractivity contribution in [2.75, 3.05) is 0 Å². The quantitative estimate of drug-likeness (QED) is 0.691. The standard InChI is InChI=1S/C15H13IN2O2/c1-3-10-13(16)15(19)18-14(17-10)12-8(2)20-11-7-5-4-6-9(11)12/h4-7H,3H2,1-2H3,(H,17,18,19). The summed E-state index contributed by atoms with van der Waals surface area (Å²) in [4.78, 5) is 19.5. The molecule has 0 aliphatic heterocycles. The molecular weight excluding hydrogens is 367 g/mol. The van der Waals surface area contributed by atoms with Crippen LogP contribution >= 0.6 is 22.6 Å². The Hall–Kier alpha value is -1.63. The molecule has 1 N–H and O–H groups in total. The summed E-state index contributed by atoms with van der Waals surface area (Å²) in [5.41, 5.74) is 2.38. The van der Waals surface area contributed by atoms with Crippen molar-refractivity contribution in [3.8, 4) is 11.4 Å². The van der Waals surface area contributed by atoms with Crippen LogP contribution in [0.3, 0.4) is 0 Å². The average molecular weight is 380 g/mol. The molecule has 3 aromatic rings. The number of aromatic amines is 1. The van der Waals surface area contributed by atoms with Crippen molar-refractivity contribution in [2.45, 2.75) is 20.3 Å². The lowest BCUT2D eigenvalue weighted by molar-refractivity contribution is 0.579. The molecule has 3 rings (SSSR count). The van der Waals surface area contributed by atoms with E-state index >= 15 is 0 Å². The zero-order valence-electron chi connectivity index (χ0n) is 11.2. The van der Waals surface area contributed by atoms with E-state index in [0.717, 1.165) is 34.4 Å². The van der Waals surface area contributed by atoms with E-state index in [2.05, 4.69) is 9.97 Å². The van der Waals surface area contributed by atoms with Gasteiger partial charge in [0.25, 0.3) is 5.56 Å². The number of H-pyrrole nitrogens is 1. The fraction of sp³-hybridized carbons (Fsp3) is 0.200. The maximum atomic E-state index is 12.0. The Balaban J connectivity index is 2.34. The fourth-order valence-electron chi connectivity index (χ4n) is 2.32. The molecule has 0 radical (unpaired) electrons. The summed E-state index contributed by atoms with van der Waals surface area (Å²) in [7, 11) is 0. The Morgan fingerprint density at radius 3 is 2.85 bits per heavy atom. The predicted octanol–water partition coefficient (Wildman–Crippen LogP) is 3.66. The van der Waals surface area contributed by atoms with Crippen LogP contribution in [0.1, 0.15) is 18.4 Å². The van der Waals surface area contributed by atoms with Gasteiger partial charge in [-0.1, -0.05) is 25.1 Å². The van der Waals surface area contributed by atoms with Crippen LogP contribution in [0.2, 0.25) is 0 Å². The van der Waals surface area contributed by atoms with Crippen molar-refractivity contribution < 1.29 is 4.42 Å².